The van der Waals surface area contributed by atoms with Gasteiger partial charge in [-0.25, -0.2) is 17.9 Å². The summed E-state index contributed by atoms with van der Waals surface area (Å²) in [6, 6.07) is 5.01. The van der Waals surface area contributed by atoms with Crippen molar-refractivity contribution in [2.75, 3.05) is 24.5 Å². The summed E-state index contributed by atoms with van der Waals surface area (Å²) in [5.74, 6) is -2.77. The number of carboxylic acid groups (broad SMARTS) is 1. The quantitative estimate of drug-likeness (QED) is 0.656. The smallest absolute Gasteiger partial charge is 0.475 e. The van der Waals surface area contributed by atoms with Crippen molar-refractivity contribution < 1.29 is 36.3 Å². The lowest BCUT2D eigenvalue weighted by molar-refractivity contribution is -0.192. The molecule has 1 amide bonds. The zero-order valence-corrected chi connectivity index (χ0v) is 16.4. The van der Waals surface area contributed by atoms with E-state index in [1.54, 1.807) is 23.1 Å². The van der Waals surface area contributed by atoms with Gasteiger partial charge >= 0.3 is 12.1 Å². The van der Waals surface area contributed by atoms with Crippen molar-refractivity contribution in [3.63, 3.8) is 0 Å². The van der Waals surface area contributed by atoms with E-state index >= 15 is 0 Å². The Bertz CT molecular complexity index is 868. The molecule has 8 nitrogen and oxygen atoms in total. The van der Waals surface area contributed by atoms with Crippen LogP contribution in [0.4, 0.5) is 18.9 Å². The molecule has 29 heavy (non-hydrogen) atoms. The maximum absolute atomic E-state index is 12.5. The minimum atomic E-state index is -5.08. The van der Waals surface area contributed by atoms with Crippen LogP contribution in [-0.2, 0) is 26.0 Å². The third-order valence-corrected chi connectivity index (χ3v) is 6.06. The van der Waals surface area contributed by atoms with Gasteiger partial charge < -0.3 is 15.3 Å². The van der Waals surface area contributed by atoms with E-state index in [1.165, 1.54) is 6.92 Å². The lowest BCUT2D eigenvalue weighted by Crippen LogP contribution is -2.42. The number of hydrogen-bond acceptors (Lipinski definition) is 5. The molecule has 2 heterocycles. The molecular formula is C17H22F3N3O5S. The van der Waals surface area contributed by atoms with E-state index in [0.717, 1.165) is 37.2 Å². The highest BCUT2D eigenvalue weighted by Crippen LogP contribution is 2.30. The van der Waals surface area contributed by atoms with Crippen molar-refractivity contribution >= 4 is 27.6 Å². The van der Waals surface area contributed by atoms with Gasteiger partial charge in [0, 0.05) is 25.2 Å². The zero-order valence-electron chi connectivity index (χ0n) is 15.6. The third kappa shape index (κ3) is 6.15. The predicted octanol–water partition coefficient (Wildman–Crippen LogP) is 1.26. The van der Waals surface area contributed by atoms with Gasteiger partial charge in [0.05, 0.1) is 4.90 Å². The molecular weight excluding hydrogens is 415 g/mol. The van der Waals surface area contributed by atoms with Crippen LogP contribution in [0, 0.1) is 0 Å². The van der Waals surface area contributed by atoms with E-state index in [-0.39, 0.29) is 16.8 Å². The summed E-state index contributed by atoms with van der Waals surface area (Å²) >= 11 is 0. The molecule has 1 aromatic rings. The highest BCUT2D eigenvalue weighted by molar-refractivity contribution is 7.89. The largest absolute Gasteiger partial charge is 0.490 e. The summed E-state index contributed by atoms with van der Waals surface area (Å²) in [6.45, 7) is 3.82. The minimum Gasteiger partial charge on any atom is -0.475 e. The normalized spacial score (nSPS) is 17.3. The number of anilines is 1. The van der Waals surface area contributed by atoms with Crippen molar-refractivity contribution in [2.45, 2.75) is 43.3 Å². The van der Waals surface area contributed by atoms with Gasteiger partial charge in [0.15, 0.2) is 0 Å². The topological polar surface area (TPSA) is 116 Å². The molecule has 3 rings (SSSR count). The number of amides is 1. The number of halogens is 3. The summed E-state index contributed by atoms with van der Waals surface area (Å²) in [6.07, 6.45) is -2.77. The van der Waals surface area contributed by atoms with Crippen LogP contribution in [0.5, 0.6) is 0 Å². The highest BCUT2D eigenvalue weighted by atomic mass is 32.2. The number of carboxylic acids is 1. The number of fused-ring (bicyclic) bond motifs is 1. The molecule has 2 aliphatic heterocycles. The van der Waals surface area contributed by atoms with Gasteiger partial charge in [-0.1, -0.05) is 0 Å². The number of nitrogens with zero attached hydrogens (tertiary/aromatic N) is 1. The molecule has 0 unspecified atom stereocenters. The summed E-state index contributed by atoms with van der Waals surface area (Å²) in [5, 5.41) is 10.3. The fraction of sp³-hybridized carbons (Fsp3) is 0.529. The number of aliphatic carboxylic acids is 1. The van der Waals surface area contributed by atoms with E-state index < -0.39 is 22.2 Å². The van der Waals surface area contributed by atoms with Crippen LogP contribution in [0.1, 0.15) is 25.3 Å². The van der Waals surface area contributed by atoms with Crippen molar-refractivity contribution in [2.24, 2.45) is 0 Å². The third-order valence-electron chi connectivity index (χ3n) is 4.54. The summed E-state index contributed by atoms with van der Waals surface area (Å²) in [5.41, 5.74) is 1.75. The first-order valence-corrected chi connectivity index (χ1v) is 10.3. The Balaban J connectivity index is 0.000000370. The number of sulfonamides is 1. The molecule has 1 aromatic carbocycles. The monoisotopic (exact) mass is 437 g/mol. The van der Waals surface area contributed by atoms with E-state index in [9.17, 15) is 26.4 Å². The second-order valence-corrected chi connectivity index (χ2v) is 8.37. The molecule has 0 aliphatic carbocycles. The lowest BCUT2D eigenvalue weighted by Gasteiger charge is -2.23. The van der Waals surface area contributed by atoms with Crippen molar-refractivity contribution in [1.29, 1.82) is 0 Å². The number of nitrogens with one attached hydrogen (secondary N) is 2. The Kier molecular flexibility index (Phi) is 7.25. The first-order chi connectivity index (χ1) is 13.4. The molecule has 2 aliphatic rings. The number of rotatable bonds is 3. The van der Waals surface area contributed by atoms with Crippen LogP contribution < -0.4 is 14.9 Å². The molecule has 0 aromatic heterocycles. The number of piperidine rings is 1. The fourth-order valence-corrected chi connectivity index (χ4v) is 4.45. The number of carbonyl (C=O) groups is 2. The number of carbonyl (C=O) groups excluding carboxylic acids is 1. The molecule has 0 saturated carbocycles. The molecule has 1 saturated heterocycles. The Morgan fingerprint density at radius 3 is 2.34 bits per heavy atom. The van der Waals surface area contributed by atoms with Crippen LogP contribution in [-0.4, -0.2) is 57.3 Å². The Morgan fingerprint density at radius 1 is 1.24 bits per heavy atom. The van der Waals surface area contributed by atoms with E-state index in [4.69, 9.17) is 9.90 Å². The standard InChI is InChI=1S/C15H21N3O3S.C2HF3O2/c1-11(19)18-9-6-12-10-14(2-3-15(12)18)22(20,21)17-13-4-7-16-8-5-13;3-2(4,5)1(6)7/h2-3,10,13,16-17H,4-9H2,1H3;(H,6,7). The average Bonchev–Trinajstić information content (AvgIpc) is 3.05. The number of alkyl halides is 3. The van der Waals surface area contributed by atoms with Gasteiger partial charge in [-0.05, 0) is 56.1 Å². The van der Waals surface area contributed by atoms with E-state index in [0.29, 0.717) is 13.0 Å². The first-order valence-electron chi connectivity index (χ1n) is 8.86. The molecule has 0 atom stereocenters. The molecule has 0 spiro atoms. The molecule has 162 valence electrons. The SMILES string of the molecule is CC(=O)N1CCc2cc(S(=O)(=O)NC3CCNCC3)ccc21.O=C(O)C(F)(F)F. The second kappa shape index (κ2) is 9.09. The van der Waals surface area contributed by atoms with Crippen LogP contribution in [0.2, 0.25) is 0 Å². The first kappa shape index (κ1) is 23.1. The molecule has 3 N–H and O–H groups in total. The fourth-order valence-electron chi connectivity index (χ4n) is 3.10. The van der Waals surface area contributed by atoms with Crippen molar-refractivity contribution in [3.05, 3.63) is 23.8 Å². The molecule has 0 radical (unpaired) electrons. The van der Waals surface area contributed by atoms with Gasteiger partial charge in [0.2, 0.25) is 15.9 Å². The lowest BCUT2D eigenvalue weighted by atomic mass is 10.1. The van der Waals surface area contributed by atoms with Gasteiger partial charge in [0.1, 0.15) is 0 Å². The van der Waals surface area contributed by atoms with Crippen LogP contribution >= 0.6 is 0 Å². The van der Waals surface area contributed by atoms with Crippen LogP contribution in [0.25, 0.3) is 0 Å². The highest BCUT2D eigenvalue weighted by Gasteiger charge is 2.38. The number of hydrogen-bond donors (Lipinski definition) is 3. The van der Waals surface area contributed by atoms with Gasteiger partial charge in [-0.15, -0.1) is 0 Å². The molecule has 1 fully saturated rings. The maximum Gasteiger partial charge on any atom is 0.490 e. The van der Waals surface area contributed by atoms with Gasteiger partial charge in [-0.2, -0.15) is 13.2 Å². The zero-order chi connectivity index (χ0) is 21.8. The Morgan fingerprint density at radius 2 is 1.83 bits per heavy atom. The van der Waals surface area contributed by atoms with E-state index in [2.05, 4.69) is 10.0 Å². The van der Waals surface area contributed by atoms with Crippen molar-refractivity contribution in [1.82, 2.24) is 10.0 Å². The van der Waals surface area contributed by atoms with E-state index in [1.807, 2.05) is 0 Å². The predicted molar refractivity (Wildman–Crippen MR) is 98.1 cm³/mol. The summed E-state index contributed by atoms with van der Waals surface area (Å²) in [4.78, 5) is 22.4. The number of benzene rings is 1. The van der Waals surface area contributed by atoms with Crippen LogP contribution in [0.3, 0.4) is 0 Å². The Labute approximate surface area is 166 Å². The summed E-state index contributed by atoms with van der Waals surface area (Å²) < 4.78 is 59.5. The minimum absolute atomic E-state index is 0.00628. The van der Waals surface area contributed by atoms with Gasteiger partial charge in [-0.3, -0.25) is 4.79 Å². The molecule has 0 bridgehead atoms. The average molecular weight is 437 g/mol. The van der Waals surface area contributed by atoms with Gasteiger partial charge in [0.25, 0.3) is 0 Å². The van der Waals surface area contributed by atoms with Crippen LogP contribution in [0.15, 0.2) is 23.1 Å². The Hall–Kier alpha value is -2.18. The summed E-state index contributed by atoms with van der Waals surface area (Å²) in [7, 11) is -3.50. The maximum atomic E-state index is 12.5. The second-order valence-electron chi connectivity index (χ2n) is 6.66. The molecule has 12 heteroatoms. The van der Waals surface area contributed by atoms with Crippen molar-refractivity contribution in [3.8, 4) is 0 Å².